The predicted octanol–water partition coefficient (Wildman–Crippen LogP) is 4.21. The number of carbonyl (C=O) groups is 2. The molecule has 5 rings (SSSR count). The molecule has 4 heterocycles. The van der Waals surface area contributed by atoms with Crippen LogP contribution < -0.4 is 15.4 Å². The molecule has 8 heteroatoms. The molecule has 2 N–H and O–H groups in total. The van der Waals surface area contributed by atoms with E-state index >= 15 is 0 Å². The Morgan fingerprint density at radius 3 is 2.69 bits per heavy atom. The molecule has 3 aromatic rings. The lowest BCUT2D eigenvalue weighted by Crippen LogP contribution is -2.50. The molecule has 2 aliphatic heterocycles. The Labute approximate surface area is 230 Å². The molecule has 8 nitrogen and oxygen atoms in total. The lowest BCUT2D eigenvalue weighted by molar-refractivity contribution is -0.129. The van der Waals surface area contributed by atoms with Gasteiger partial charge in [-0.25, -0.2) is 0 Å². The van der Waals surface area contributed by atoms with Crippen molar-refractivity contribution in [1.82, 2.24) is 19.9 Å². The molecule has 0 aliphatic carbocycles. The monoisotopic (exact) mass is 532 g/mol. The van der Waals surface area contributed by atoms with Gasteiger partial charge in [-0.15, -0.1) is 0 Å². The number of rotatable bonds is 7. The van der Waals surface area contributed by atoms with Crippen molar-refractivity contribution in [3.8, 4) is 16.9 Å². The Morgan fingerprint density at radius 1 is 1.21 bits per heavy atom. The van der Waals surface area contributed by atoms with Gasteiger partial charge >= 0.3 is 0 Å². The van der Waals surface area contributed by atoms with Crippen LogP contribution in [-0.4, -0.2) is 67.1 Å². The second kappa shape index (κ2) is 11.4. The molecule has 2 saturated heterocycles. The van der Waals surface area contributed by atoms with Crippen LogP contribution in [0.1, 0.15) is 54.8 Å². The molecule has 2 fully saturated rings. The van der Waals surface area contributed by atoms with E-state index in [1.165, 1.54) is 0 Å². The van der Waals surface area contributed by atoms with Gasteiger partial charge in [0.15, 0.2) is 0 Å². The van der Waals surface area contributed by atoms with Crippen molar-refractivity contribution >= 4 is 17.3 Å². The van der Waals surface area contributed by atoms with Gasteiger partial charge in [0.1, 0.15) is 5.75 Å². The van der Waals surface area contributed by atoms with Crippen LogP contribution in [0.3, 0.4) is 0 Å². The molecule has 2 aliphatic rings. The minimum atomic E-state index is -0.235. The van der Waals surface area contributed by atoms with E-state index in [1.54, 1.807) is 7.11 Å². The van der Waals surface area contributed by atoms with Gasteiger partial charge < -0.3 is 24.5 Å². The highest BCUT2D eigenvalue weighted by molar-refractivity contribution is 5.99. The summed E-state index contributed by atoms with van der Waals surface area (Å²) in [4.78, 5) is 28.8. The van der Waals surface area contributed by atoms with Gasteiger partial charge in [-0.05, 0) is 68.5 Å². The first-order valence-electron chi connectivity index (χ1n) is 14.0. The Balaban J connectivity index is 1.55. The summed E-state index contributed by atoms with van der Waals surface area (Å²) in [7, 11) is 1.67. The van der Waals surface area contributed by atoms with Crippen molar-refractivity contribution in [1.29, 1.82) is 0 Å². The summed E-state index contributed by atoms with van der Waals surface area (Å²) in [5, 5.41) is 6.13. The van der Waals surface area contributed by atoms with Crippen molar-refractivity contribution in [3.63, 3.8) is 0 Å². The number of aromatic nitrogens is 1. The molecule has 2 amide bonds. The highest BCUT2D eigenvalue weighted by Gasteiger charge is 2.33. The number of benzene rings is 1. The van der Waals surface area contributed by atoms with Gasteiger partial charge in [-0.2, -0.15) is 0 Å². The molecule has 0 spiro atoms. The molecule has 39 heavy (non-hydrogen) atoms. The molecule has 0 radical (unpaired) electrons. The van der Waals surface area contributed by atoms with E-state index in [-0.39, 0.29) is 35.7 Å². The average molecular weight is 533 g/mol. The number of nitrogens with zero attached hydrogens (tertiary/aromatic N) is 2. The largest absolute Gasteiger partial charge is 0.497 e. The second-order valence-corrected chi connectivity index (χ2v) is 11.0. The Morgan fingerprint density at radius 2 is 1.97 bits per heavy atom. The smallest absolute Gasteiger partial charge is 0.251 e. The molecule has 4 atom stereocenters. The van der Waals surface area contributed by atoms with Crippen LogP contribution in [0.4, 0.5) is 0 Å². The first kappa shape index (κ1) is 27.2. The van der Waals surface area contributed by atoms with Crippen LogP contribution in [-0.2, 0) is 9.53 Å². The number of ether oxygens (including phenoxy) is 2. The highest BCUT2D eigenvalue weighted by atomic mass is 16.5. The Kier molecular flexibility index (Phi) is 7.96. The highest BCUT2D eigenvalue weighted by Crippen LogP contribution is 2.35. The Hall–Kier alpha value is -3.36. The van der Waals surface area contributed by atoms with E-state index in [2.05, 4.69) is 52.1 Å². The van der Waals surface area contributed by atoms with Gasteiger partial charge in [0, 0.05) is 54.7 Å². The normalized spacial score (nSPS) is 22.9. The summed E-state index contributed by atoms with van der Waals surface area (Å²) >= 11 is 0. The molecule has 208 valence electrons. The number of methoxy groups -OCH3 is 1. The van der Waals surface area contributed by atoms with Gasteiger partial charge in [-0.1, -0.05) is 19.1 Å². The second-order valence-electron chi connectivity index (χ2n) is 11.0. The summed E-state index contributed by atoms with van der Waals surface area (Å²) in [5.41, 5.74) is 5.70. The minimum Gasteiger partial charge on any atom is -0.497 e. The van der Waals surface area contributed by atoms with Gasteiger partial charge in [0.2, 0.25) is 5.91 Å². The Bertz CT molecular complexity index is 1360. The van der Waals surface area contributed by atoms with Crippen LogP contribution >= 0.6 is 0 Å². The van der Waals surface area contributed by atoms with Crippen LogP contribution in [0.2, 0.25) is 0 Å². The van der Waals surface area contributed by atoms with Gasteiger partial charge in [-0.3, -0.25) is 14.5 Å². The van der Waals surface area contributed by atoms with E-state index in [0.717, 1.165) is 53.2 Å². The van der Waals surface area contributed by atoms with E-state index in [9.17, 15) is 9.59 Å². The minimum absolute atomic E-state index is 0.0160. The number of piperidine rings is 1. The number of hydrogen-bond acceptors (Lipinski definition) is 5. The maximum atomic E-state index is 13.7. The van der Waals surface area contributed by atoms with E-state index in [0.29, 0.717) is 25.3 Å². The van der Waals surface area contributed by atoms with Crippen molar-refractivity contribution in [2.75, 3.05) is 40.0 Å². The predicted molar refractivity (Wildman–Crippen MR) is 152 cm³/mol. The van der Waals surface area contributed by atoms with Crippen molar-refractivity contribution in [2.45, 2.75) is 46.2 Å². The topological polar surface area (TPSA) is 84.3 Å². The fourth-order valence-electron chi connectivity index (χ4n) is 6.27. The number of fused-ring (bicyclic) bond motifs is 1. The number of carbonyl (C=O) groups excluding carboxylic acids is 2. The zero-order valence-corrected chi connectivity index (χ0v) is 23.6. The molecule has 2 aromatic heterocycles. The zero-order chi connectivity index (χ0) is 27.7. The lowest BCUT2D eigenvalue weighted by atomic mass is 9.84. The molecule has 0 bridgehead atoms. The fourth-order valence-corrected chi connectivity index (χ4v) is 6.27. The third-order valence-electron chi connectivity index (χ3n) is 8.49. The quantitative estimate of drug-likeness (QED) is 0.476. The molecule has 4 unspecified atom stereocenters. The summed E-state index contributed by atoms with van der Waals surface area (Å²) in [6.07, 6.45) is 3.01. The average Bonchev–Trinajstić information content (AvgIpc) is 3.35. The third kappa shape index (κ3) is 5.40. The molecular formula is C31H40N4O4. The summed E-state index contributed by atoms with van der Waals surface area (Å²) in [6.45, 7) is 11.8. The van der Waals surface area contributed by atoms with E-state index in [4.69, 9.17) is 9.47 Å². The number of pyridine rings is 1. The van der Waals surface area contributed by atoms with Gasteiger partial charge in [0.25, 0.3) is 5.91 Å². The third-order valence-corrected chi connectivity index (χ3v) is 8.49. The number of morpholine rings is 1. The van der Waals surface area contributed by atoms with Crippen LogP contribution in [0.5, 0.6) is 5.75 Å². The van der Waals surface area contributed by atoms with E-state index < -0.39 is 0 Å². The van der Waals surface area contributed by atoms with Crippen molar-refractivity contribution < 1.29 is 19.1 Å². The molecule has 0 saturated carbocycles. The standard InChI is InChI=1S/C31H40N4O4/c1-19-15-20(2)33-31(37)27(19)18-32-30(36)26-17-28-25(23-7-6-8-24(16-23)38-5)9-10-35(28)29(21(26)3)22(4)34-11-13-39-14-12-34/h6-10,16-17,19-20,22,27H,11-15,18H2,1-5H3,(H,32,36)(H,33,37). The van der Waals surface area contributed by atoms with Crippen LogP contribution in [0, 0.1) is 18.8 Å². The first-order valence-corrected chi connectivity index (χ1v) is 14.0. The number of amides is 2. The van der Waals surface area contributed by atoms with Crippen molar-refractivity contribution in [3.05, 3.63) is 59.4 Å². The fraction of sp³-hybridized carbons (Fsp3) is 0.484. The van der Waals surface area contributed by atoms with Crippen LogP contribution in [0.25, 0.3) is 16.6 Å². The van der Waals surface area contributed by atoms with Crippen molar-refractivity contribution in [2.24, 2.45) is 11.8 Å². The number of hydrogen-bond donors (Lipinski definition) is 2. The lowest BCUT2D eigenvalue weighted by Gasteiger charge is -2.34. The summed E-state index contributed by atoms with van der Waals surface area (Å²) in [6, 6.07) is 12.3. The maximum Gasteiger partial charge on any atom is 0.251 e. The summed E-state index contributed by atoms with van der Waals surface area (Å²) < 4.78 is 13.3. The number of nitrogens with one attached hydrogen (secondary N) is 2. The summed E-state index contributed by atoms with van der Waals surface area (Å²) in [5.74, 6) is 0.624. The zero-order valence-electron chi connectivity index (χ0n) is 23.6. The SMILES string of the molecule is COc1cccc(-c2ccn3c(C(C)N4CCOCC4)c(C)c(C(=O)NCC4C(=O)NC(C)CC4C)cc23)c1. The maximum absolute atomic E-state index is 13.7. The first-order chi connectivity index (χ1) is 18.8. The van der Waals surface area contributed by atoms with Crippen LogP contribution in [0.15, 0.2) is 42.6 Å². The molecule has 1 aromatic carbocycles. The van der Waals surface area contributed by atoms with Gasteiger partial charge in [0.05, 0.1) is 31.8 Å². The molecular weight excluding hydrogens is 492 g/mol. The van der Waals surface area contributed by atoms with E-state index in [1.807, 2.05) is 38.1 Å².